The van der Waals surface area contributed by atoms with E-state index in [4.69, 9.17) is 0 Å². The first-order valence-corrected chi connectivity index (χ1v) is 10.3. The highest BCUT2D eigenvalue weighted by Gasteiger charge is 2.82. The summed E-state index contributed by atoms with van der Waals surface area (Å²) in [6.45, 7) is 2.13. The highest BCUT2D eigenvalue weighted by Crippen LogP contribution is 2.85. The Morgan fingerprint density at radius 3 is 2.58 bits per heavy atom. The zero-order valence-electron chi connectivity index (χ0n) is 15.6. The lowest BCUT2D eigenvalue weighted by Crippen LogP contribution is -2.36. The minimum absolute atomic E-state index is 0.00707. The van der Waals surface area contributed by atoms with Crippen molar-refractivity contribution in [3.8, 4) is 0 Å². The fraction of sp³-hybridized carbons (Fsp3) is 0.542. The molecule has 26 heavy (non-hydrogen) atoms. The molecule has 0 amide bonds. The lowest BCUT2D eigenvalue weighted by atomic mass is 9.68. The second-order valence-corrected chi connectivity index (χ2v) is 8.37. The van der Waals surface area contributed by atoms with Crippen LogP contribution in [0, 0.1) is 40.9 Å². The van der Waals surface area contributed by atoms with E-state index in [1.807, 2.05) is 6.08 Å². The van der Waals surface area contributed by atoms with E-state index < -0.39 is 5.97 Å². The summed E-state index contributed by atoms with van der Waals surface area (Å²) >= 11 is 0. The number of carboxylic acids is 1. The number of hydrogen-bond donors (Lipinski definition) is 1. The predicted molar refractivity (Wildman–Crippen MR) is 105 cm³/mol. The van der Waals surface area contributed by atoms with Crippen LogP contribution < -0.4 is 0 Å². The molecule has 5 aliphatic carbocycles. The van der Waals surface area contributed by atoms with Gasteiger partial charge in [0.2, 0.25) is 0 Å². The van der Waals surface area contributed by atoms with Crippen LogP contribution in [0.5, 0.6) is 0 Å². The molecule has 6 bridgehead atoms. The van der Waals surface area contributed by atoms with E-state index >= 15 is 0 Å². The zero-order valence-corrected chi connectivity index (χ0v) is 15.6. The third-order valence-corrected chi connectivity index (χ3v) is 7.27. The van der Waals surface area contributed by atoms with Crippen LogP contribution in [0.2, 0.25) is 0 Å². The van der Waals surface area contributed by atoms with Crippen molar-refractivity contribution in [2.45, 2.75) is 39.0 Å². The number of allylic oxidation sites excluding steroid dienone is 10. The van der Waals surface area contributed by atoms with Crippen molar-refractivity contribution in [1.82, 2.24) is 0 Å². The molecule has 4 saturated carbocycles. The van der Waals surface area contributed by atoms with Gasteiger partial charge in [-0.2, -0.15) is 0 Å². The van der Waals surface area contributed by atoms with Crippen molar-refractivity contribution >= 4 is 5.97 Å². The van der Waals surface area contributed by atoms with Gasteiger partial charge in [0, 0.05) is 5.41 Å². The number of carboxylic acid groups (broad SMARTS) is 1. The van der Waals surface area contributed by atoms with Crippen LogP contribution in [0.15, 0.2) is 60.8 Å². The summed E-state index contributed by atoms with van der Waals surface area (Å²) in [7, 11) is 0. The molecule has 4 fully saturated rings. The summed E-state index contributed by atoms with van der Waals surface area (Å²) < 4.78 is 0. The van der Waals surface area contributed by atoms with Crippen molar-refractivity contribution in [2.24, 2.45) is 40.9 Å². The van der Waals surface area contributed by atoms with Crippen LogP contribution in [-0.2, 0) is 4.79 Å². The Morgan fingerprint density at radius 1 is 1.15 bits per heavy atom. The Morgan fingerprint density at radius 2 is 1.92 bits per heavy atom. The molecule has 0 aromatic carbocycles. The van der Waals surface area contributed by atoms with Crippen molar-refractivity contribution in [2.75, 3.05) is 0 Å². The molecular formula is C24H30O2. The molecule has 5 rings (SSSR count). The summed E-state index contributed by atoms with van der Waals surface area (Å²) in [5.41, 5.74) is -0.00707. The van der Waals surface area contributed by atoms with Crippen molar-refractivity contribution in [3.63, 3.8) is 0 Å². The van der Waals surface area contributed by atoms with Crippen molar-refractivity contribution < 1.29 is 9.90 Å². The van der Waals surface area contributed by atoms with Gasteiger partial charge in [0.25, 0.3) is 0 Å². The SMILES string of the molecule is CC/C=C/C=C/C=C/CC/C=C/C[C@H](C(=O)O)[C@@]12C=C[C@@H]3[C@H]4[C@@H](C[C@@H]31)[C@H]42. The molecule has 0 unspecified atom stereocenters. The topological polar surface area (TPSA) is 37.3 Å². The largest absolute Gasteiger partial charge is 0.481 e. The van der Waals surface area contributed by atoms with Crippen LogP contribution in [-0.4, -0.2) is 11.1 Å². The van der Waals surface area contributed by atoms with Crippen LogP contribution in [0.1, 0.15) is 39.0 Å². The number of rotatable bonds is 10. The molecule has 0 aromatic heterocycles. The Kier molecular flexibility index (Phi) is 4.77. The molecule has 0 aromatic rings. The molecule has 0 radical (unpaired) electrons. The molecule has 0 saturated heterocycles. The van der Waals surface area contributed by atoms with Crippen LogP contribution >= 0.6 is 0 Å². The fourth-order valence-electron chi connectivity index (χ4n) is 6.40. The molecule has 5 aliphatic rings. The Balaban J connectivity index is 1.26. The number of unbranched alkanes of at least 4 members (excludes halogenated alkanes) is 1. The van der Waals surface area contributed by atoms with E-state index in [1.54, 1.807) is 0 Å². The first-order valence-electron chi connectivity index (χ1n) is 10.3. The lowest BCUT2D eigenvalue weighted by Gasteiger charge is -2.34. The molecule has 138 valence electrons. The van der Waals surface area contributed by atoms with Gasteiger partial charge in [-0.25, -0.2) is 0 Å². The first-order chi connectivity index (χ1) is 12.7. The van der Waals surface area contributed by atoms with E-state index in [0.29, 0.717) is 24.2 Å². The molecule has 0 aliphatic heterocycles. The average molecular weight is 351 g/mol. The van der Waals surface area contributed by atoms with Gasteiger partial charge in [0.15, 0.2) is 0 Å². The van der Waals surface area contributed by atoms with E-state index in [2.05, 4.69) is 61.6 Å². The Labute approximate surface area is 157 Å². The maximum atomic E-state index is 12.0. The van der Waals surface area contributed by atoms with Crippen LogP contribution in [0.3, 0.4) is 0 Å². The Bertz CT molecular complexity index is 695. The van der Waals surface area contributed by atoms with Gasteiger partial charge in [0.1, 0.15) is 0 Å². The van der Waals surface area contributed by atoms with E-state index in [-0.39, 0.29) is 11.3 Å². The number of hydrogen-bond acceptors (Lipinski definition) is 1. The molecular weight excluding hydrogens is 320 g/mol. The smallest absolute Gasteiger partial charge is 0.307 e. The average Bonchev–Trinajstić information content (AvgIpc) is 2.91. The van der Waals surface area contributed by atoms with Gasteiger partial charge in [-0.05, 0) is 61.7 Å². The van der Waals surface area contributed by atoms with Crippen molar-refractivity contribution in [1.29, 1.82) is 0 Å². The second-order valence-electron chi connectivity index (χ2n) is 8.37. The summed E-state index contributed by atoms with van der Waals surface area (Å²) in [6.07, 6.45) is 26.5. The highest BCUT2D eigenvalue weighted by molar-refractivity contribution is 5.73. The summed E-state index contributed by atoms with van der Waals surface area (Å²) in [4.78, 5) is 12.0. The summed E-state index contributed by atoms with van der Waals surface area (Å²) in [5, 5.41) is 9.89. The second kappa shape index (κ2) is 7.06. The normalized spacial score (nSPS) is 40.1. The third kappa shape index (κ3) is 2.66. The van der Waals surface area contributed by atoms with Gasteiger partial charge in [-0.15, -0.1) is 0 Å². The third-order valence-electron chi connectivity index (χ3n) is 7.27. The molecule has 0 spiro atoms. The molecule has 2 nitrogen and oxygen atoms in total. The zero-order chi connectivity index (χ0) is 18.1. The van der Waals surface area contributed by atoms with Gasteiger partial charge >= 0.3 is 5.97 Å². The van der Waals surface area contributed by atoms with E-state index in [0.717, 1.165) is 31.1 Å². The highest BCUT2D eigenvalue weighted by atomic mass is 16.4. The standard InChI is InChI=1S/C24H30O2/c1-2-3-4-5-6-7-8-9-10-11-12-13-19(23(25)26)24-15-14-17-20(24)16-18-21(17)22(18)24/h3-8,11-12,14-15,17-22H,2,9-10,13,16H2,1H3,(H,25,26)/b4-3+,6-5+,8-7+,12-11+/t17-,18+,19+,20-,21-,22+,24-/m0/s1. The van der Waals surface area contributed by atoms with Crippen molar-refractivity contribution in [3.05, 3.63) is 60.8 Å². The Hall–Kier alpha value is -1.83. The van der Waals surface area contributed by atoms with E-state index in [9.17, 15) is 9.90 Å². The maximum absolute atomic E-state index is 12.0. The van der Waals surface area contributed by atoms with Crippen LogP contribution in [0.4, 0.5) is 0 Å². The van der Waals surface area contributed by atoms with Crippen LogP contribution in [0.25, 0.3) is 0 Å². The monoisotopic (exact) mass is 350 g/mol. The predicted octanol–water partition coefficient (Wildman–Crippen LogP) is 5.56. The molecule has 7 atom stereocenters. The van der Waals surface area contributed by atoms with Gasteiger partial charge in [0.05, 0.1) is 5.92 Å². The minimum Gasteiger partial charge on any atom is -0.481 e. The first kappa shape index (κ1) is 17.6. The number of aliphatic carboxylic acids is 1. The van der Waals surface area contributed by atoms with Gasteiger partial charge in [-0.3, -0.25) is 4.79 Å². The van der Waals surface area contributed by atoms with Gasteiger partial charge < -0.3 is 5.11 Å². The molecule has 1 N–H and O–H groups in total. The quantitative estimate of drug-likeness (QED) is 0.318. The number of carbonyl (C=O) groups is 1. The van der Waals surface area contributed by atoms with E-state index in [1.165, 1.54) is 6.42 Å². The fourth-order valence-corrected chi connectivity index (χ4v) is 6.40. The molecule has 0 heterocycles. The maximum Gasteiger partial charge on any atom is 0.307 e. The molecule has 2 heteroatoms. The summed E-state index contributed by atoms with van der Waals surface area (Å²) in [6, 6.07) is 0. The summed E-state index contributed by atoms with van der Waals surface area (Å²) in [5.74, 6) is 2.89. The lowest BCUT2D eigenvalue weighted by molar-refractivity contribution is -0.146. The minimum atomic E-state index is -0.594. The van der Waals surface area contributed by atoms with Gasteiger partial charge in [-0.1, -0.05) is 67.7 Å².